The smallest absolute Gasteiger partial charge is 0.159 e. The van der Waals surface area contributed by atoms with Crippen LogP contribution in [-0.2, 0) is 6.42 Å². The van der Waals surface area contributed by atoms with Crippen molar-refractivity contribution >= 4 is 43.7 Å². The van der Waals surface area contributed by atoms with Gasteiger partial charge in [0.05, 0.1) is 16.7 Å². The van der Waals surface area contributed by atoms with Crippen molar-refractivity contribution in [2.24, 2.45) is 0 Å². The van der Waals surface area contributed by atoms with E-state index in [0.29, 0.717) is 5.92 Å². The Kier molecular flexibility index (Phi) is 5.80. The van der Waals surface area contributed by atoms with E-state index in [1.165, 1.54) is 60.8 Å². The van der Waals surface area contributed by atoms with Gasteiger partial charge < -0.3 is 8.98 Å². The summed E-state index contributed by atoms with van der Waals surface area (Å²) >= 11 is 0. The van der Waals surface area contributed by atoms with Crippen LogP contribution in [0.1, 0.15) is 29.0 Å². The van der Waals surface area contributed by atoms with Gasteiger partial charge >= 0.3 is 0 Å². The van der Waals surface area contributed by atoms with Crippen molar-refractivity contribution in [1.29, 1.82) is 0 Å². The largest absolute Gasteiger partial charge is 0.454 e. The van der Waals surface area contributed by atoms with Crippen LogP contribution in [0.5, 0.6) is 0 Å². The van der Waals surface area contributed by atoms with Gasteiger partial charge in [0, 0.05) is 27.5 Å². The van der Waals surface area contributed by atoms with Crippen molar-refractivity contribution in [3.8, 4) is 27.9 Å². The Labute approximate surface area is 273 Å². The molecule has 0 saturated heterocycles. The molecule has 1 atom stereocenters. The highest BCUT2D eigenvalue weighted by Gasteiger charge is 2.24. The lowest BCUT2D eigenvalue weighted by molar-refractivity contribution is 0.666. The third-order valence-corrected chi connectivity index (χ3v) is 10.3. The molecule has 9 aromatic rings. The molecule has 222 valence electrons. The minimum absolute atomic E-state index is 0.391. The third kappa shape index (κ3) is 4.05. The Hall–Kier alpha value is -5.86. The third-order valence-electron chi connectivity index (χ3n) is 10.3. The Morgan fingerprint density at radius 1 is 0.511 bits per heavy atom. The zero-order chi connectivity index (χ0) is 30.9. The van der Waals surface area contributed by atoms with Crippen LogP contribution in [0.15, 0.2) is 162 Å². The molecule has 0 radical (unpaired) electrons. The average Bonchev–Trinajstić information content (AvgIpc) is 3.62. The van der Waals surface area contributed by atoms with Crippen molar-refractivity contribution in [2.75, 3.05) is 0 Å². The monoisotopic (exact) mass is 601 g/mol. The highest BCUT2D eigenvalue weighted by atomic mass is 16.3. The lowest BCUT2D eigenvalue weighted by Gasteiger charge is -2.18. The average molecular weight is 602 g/mol. The number of aryl methyl sites for hydroxylation is 1. The molecule has 0 bridgehead atoms. The molecule has 0 amide bonds. The molecule has 2 aromatic heterocycles. The van der Waals surface area contributed by atoms with Gasteiger partial charge in [-0.25, -0.2) is 0 Å². The molecule has 0 aliphatic heterocycles. The van der Waals surface area contributed by atoms with Gasteiger partial charge in [-0.1, -0.05) is 121 Å². The highest BCUT2D eigenvalue weighted by molar-refractivity contribution is 6.13. The topological polar surface area (TPSA) is 18.1 Å². The number of nitrogens with zero attached hydrogens (tertiary/aromatic N) is 1. The second-order valence-electron chi connectivity index (χ2n) is 12.8. The first-order chi connectivity index (χ1) is 23.3. The number of aromatic nitrogens is 1. The summed E-state index contributed by atoms with van der Waals surface area (Å²) in [5.41, 5.74) is 14.7. The van der Waals surface area contributed by atoms with Gasteiger partial charge in [0.1, 0.15) is 5.58 Å². The summed E-state index contributed by atoms with van der Waals surface area (Å²) in [6.45, 7) is 0. The Morgan fingerprint density at radius 2 is 1.23 bits per heavy atom. The van der Waals surface area contributed by atoms with Crippen LogP contribution in [0.4, 0.5) is 0 Å². The number of para-hydroxylation sites is 3. The summed E-state index contributed by atoms with van der Waals surface area (Å²) < 4.78 is 8.88. The van der Waals surface area contributed by atoms with E-state index in [0.717, 1.165) is 40.5 Å². The van der Waals surface area contributed by atoms with Crippen LogP contribution in [0, 0.1) is 0 Å². The van der Waals surface area contributed by atoms with Gasteiger partial charge in [0.25, 0.3) is 0 Å². The lowest BCUT2D eigenvalue weighted by Crippen LogP contribution is -2.01. The van der Waals surface area contributed by atoms with Crippen LogP contribution >= 0.6 is 0 Å². The van der Waals surface area contributed by atoms with Gasteiger partial charge in [0.2, 0.25) is 0 Å². The van der Waals surface area contributed by atoms with Crippen molar-refractivity contribution in [1.82, 2.24) is 4.57 Å². The van der Waals surface area contributed by atoms with Crippen LogP contribution < -0.4 is 0 Å². The maximum absolute atomic E-state index is 6.50. The fourth-order valence-corrected chi connectivity index (χ4v) is 8.08. The standard InChI is InChI=1S/C45H31NO/c1-2-11-29(12-3-1)33-25-23-30-21-22-31(27-39(30)35-14-5-4-13-34(33)35)32-24-26-42-40(28-32)36-15-6-8-18-41(36)46(42)43-19-10-17-38-37-16-7-9-20-44(37)47-45(38)43/h1-22,24,26-28,33H,23,25H2. The van der Waals surface area contributed by atoms with Crippen molar-refractivity contribution in [3.63, 3.8) is 0 Å². The van der Waals surface area contributed by atoms with Crippen molar-refractivity contribution in [2.45, 2.75) is 18.8 Å². The maximum atomic E-state index is 6.50. The molecule has 0 saturated carbocycles. The van der Waals surface area contributed by atoms with Crippen LogP contribution in [0.2, 0.25) is 0 Å². The maximum Gasteiger partial charge on any atom is 0.159 e. The zero-order valence-corrected chi connectivity index (χ0v) is 25.9. The van der Waals surface area contributed by atoms with Crippen LogP contribution in [-0.4, -0.2) is 4.57 Å². The summed E-state index contributed by atoms with van der Waals surface area (Å²) in [7, 11) is 0. The molecule has 10 rings (SSSR count). The Bertz CT molecular complexity index is 2640. The Balaban J connectivity index is 1.14. The molecular weight excluding hydrogens is 571 g/mol. The molecule has 0 spiro atoms. The molecular formula is C45H31NO. The van der Waals surface area contributed by atoms with E-state index in [9.17, 15) is 0 Å². The summed E-state index contributed by atoms with van der Waals surface area (Å²) in [6, 6.07) is 57.6. The quantitative estimate of drug-likeness (QED) is 0.197. The van der Waals surface area contributed by atoms with E-state index in [2.05, 4.69) is 156 Å². The molecule has 2 nitrogen and oxygen atoms in total. The lowest BCUT2D eigenvalue weighted by atomic mass is 9.86. The van der Waals surface area contributed by atoms with E-state index in [4.69, 9.17) is 4.42 Å². The molecule has 1 unspecified atom stereocenters. The van der Waals surface area contributed by atoms with Crippen molar-refractivity contribution in [3.05, 3.63) is 174 Å². The fraction of sp³-hybridized carbons (Fsp3) is 0.0667. The van der Waals surface area contributed by atoms with E-state index in [-0.39, 0.29) is 0 Å². The van der Waals surface area contributed by atoms with Gasteiger partial charge in [-0.05, 0) is 88.2 Å². The second kappa shape index (κ2) is 10.3. The number of fused-ring (bicyclic) bond motifs is 9. The van der Waals surface area contributed by atoms with E-state index >= 15 is 0 Å². The predicted molar refractivity (Wildman–Crippen MR) is 196 cm³/mol. The van der Waals surface area contributed by atoms with Gasteiger partial charge in [-0.2, -0.15) is 0 Å². The zero-order valence-electron chi connectivity index (χ0n) is 25.9. The number of hydrogen-bond donors (Lipinski definition) is 0. The van der Waals surface area contributed by atoms with Crippen LogP contribution in [0.3, 0.4) is 0 Å². The normalized spacial score (nSPS) is 14.4. The molecule has 0 fully saturated rings. The second-order valence-corrected chi connectivity index (χ2v) is 12.8. The summed E-state index contributed by atoms with van der Waals surface area (Å²) in [5.74, 6) is 0.391. The number of benzene rings is 7. The number of furan rings is 1. The molecule has 47 heavy (non-hydrogen) atoms. The van der Waals surface area contributed by atoms with E-state index in [1.807, 2.05) is 6.07 Å². The predicted octanol–water partition coefficient (Wildman–Crippen LogP) is 12.1. The SMILES string of the molecule is c1ccc(C2CCc3ccc(-c4ccc5c(c4)c4ccccc4n5-c4cccc5c4oc4ccccc45)cc3-c3ccccc32)cc1. The van der Waals surface area contributed by atoms with Crippen LogP contribution in [0.25, 0.3) is 71.7 Å². The summed E-state index contributed by atoms with van der Waals surface area (Å²) in [5, 5.41) is 4.77. The molecule has 0 N–H and O–H groups in total. The number of hydrogen-bond acceptors (Lipinski definition) is 1. The van der Waals surface area contributed by atoms with E-state index in [1.54, 1.807) is 0 Å². The molecule has 2 heteroatoms. The van der Waals surface area contributed by atoms with Gasteiger partial charge in [0.15, 0.2) is 5.58 Å². The molecule has 7 aromatic carbocycles. The first kappa shape index (κ1) is 26.4. The highest BCUT2D eigenvalue weighted by Crippen LogP contribution is 2.44. The Morgan fingerprint density at radius 3 is 2.17 bits per heavy atom. The minimum Gasteiger partial charge on any atom is -0.454 e. The summed E-state index contributed by atoms with van der Waals surface area (Å²) in [4.78, 5) is 0. The fourth-order valence-electron chi connectivity index (χ4n) is 8.08. The number of rotatable bonds is 3. The molecule has 1 aliphatic carbocycles. The minimum atomic E-state index is 0.391. The van der Waals surface area contributed by atoms with Crippen molar-refractivity contribution < 1.29 is 4.42 Å². The summed E-state index contributed by atoms with van der Waals surface area (Å²) in [6.07, 6.45) is 2.17. The first-order valence-electron chi connectivity index (χ1n) is 16.5. The molecule has 2 heterocycles. The molecule has 1 aliphatic rings. The van der Waals surface area contributed by atoms with Gasteiger partial charge in [-0.3, -0.25) is 0 Å². The first-order valence-corrected chi connectivity index (χ1v) is 16.5. The van der Waals surface area contributed by atoms with Gasteiger partial charge in [-0.15, -0.1) is 0 Å². The van der Waals surface area contributed by atoms with E-state index < -0.39 is 0 Å².